The molecule has 8 heteroatoms. The van der Waals surface area contributed by atoms with Crippen LogP contribution in [0.2, 0.25) is 0 Å². The molecule has 5 rings (SSSR count). The number of hydrogen-bond donors (Lipinski definition) is 2. The Morgan fingerprint density at radius 2 is 1.90 bits per heavy atom. The van der Waals surface area contributed by atoms with E-state index < -0.39 is 5.79 Å². The number of aromatic nitrogens is 1. The maximum Gasteiger partial charge on any atom is 0.328 e. The van der Waals surface area contributed by atoms with E-state index in [2.05, 4.69) is 28.3 Å². The number of aryl methyl sites for hydroxylation is 1. The van der Waals surface area contributed by atoms with E-state index in [1.807, 2.05) is 18.2 Å². The van der Waals surface area contributed by atoms with Gasteiger partial charge in [0.1, 0.15) is 0 Å². The van der Waals surface area contributed by atoms with Crippen molar-refractivity contribution in [1.29, 1.82) is 0 Å². The lowest BCUT2D eigenvalue weighted by atomic mass is 10.0. The summed E-state index contributed by atoms with van der Waals surface area (Å²) >= 11 is 0. The maximum absolute atomic E-state index is 12.2. The summed E-state index contributed by atoms with van der Waals surface area (Å²) in [4.78, 5) is 25.2. The summed E-state index contributed by atoms with van der Waals surface area (Å²) in [7, 11) is 0. The largest absolute Gasteiger partial charge is 0.348 e. The Balaban J connectivity index is 1.39. The van der Waals surface area contributed by atoms with Gasteiger partial charge in [0.2, 0.25) is 5.91 Å². The molecule has 154 valence electrons. The molecule has 3 amide bonds. The van der Waals surface area contributed by atoms with Crippen LogP contribution >= 0.6 is 0 Å². The number of rotatable bonds is 2. The highest BCUT2D eigenvalue weighted by Crippen LogP contribution is 2.35. The van der Waals surface area contributed by atoms with Crippen molar-refractivity contribution in [2.45, 2.75) is 38.0 Å². The second-order valence-corrected chi connectivity index (χ2v) is 8.11. The van der Waals surface area contributed by atoms with Gasteiger partial charge in [-0.05, 0) is 30.7 Å². The lowest BCUT2D eigenvalue weighted by Crippen LogP contribution is -2.50. The number of carbonyl (C=O) groups is 2. The number of ether oxygens (including phenoxy) is 2. The first kappa shape index (κ1) is 18.6. The highest BCUT2D eigenvalue weighted by atomic mass is 16.7. The summed E-state index contributed by atoms with van der Waals surface area (Å²) in [6.07, 6.45) is 4.22. The Hall–Kier alpha value is -2.42. The number of carbonyl (C=O) groups excluding carboxylic acids is 2. The molecular weight excluding hydrogens is 372 g/mol. The van der Waals surface area contributed by atoms with E-state index in [9.17, 15) is 9.59 Å². The number of piperidine rings is 1. The third-order valence-electron chi connectivity index (χ3n) is 6.22. The molecule has 0 unspecified atom stereocenters. The van der Waals surface area contributed by atoms with Gasteiger partial charge in [-0.1, -0.05) is 0 Å². The van der Waals surface area contributed by atoms with Crippen LogP contribution in [-0.4, -0.2) is 55.1 Å². The molecular formula is C21H26N4O4. The number of amides is 3. The van der Waals surface area contributed by atoms with Crippen molar-refractivity contribution >= 4 is 28.5 Å². The Morgan fingerprint density at radius 1 is 1.14 bits per heavy atom. The Kier molecular flexibility index (Phi) is 4.57. The second kappa shape index (κ2) is 7.12. The highest BCUT2D eigenvalue weighted by molar-refractivity contribution is 6.06. The molecule has 3 saturated heterocycles. The van der Waals surface area contributed by atoms with Crippen molar-refractivity contribution in [2.75, 3.05) is 37.7 Å². The number of nitrogens with one attached hydrogen (secondary N) is 2. The van der Waals surface area contributed by atoms with Gasteiger partial charge in [-0.25, -0.2) is 4.79 Å². The molecule has 0 saturated carbocycles. The summed E-state index contributed by atoms with van der Waals surface area (Å²) in [5.74, 6) is -0.648. The molecule has 1 aromatic carbocycles. The quantitative estimate of drug-likeness (QED) is 0.809. The number of fused-ring (bicyclic) bond motifs is 1. The van der Waals surface area contributed by atoms with Crippen molar-refractivity contribution in [3.63, 3.8) is 0 Å². The van der Waals surface area contributed by atoms with Crippen LogP contribution in [0, 0.1) is 6.92 Å². The third-order valence-corrected chi connectivity index (χ3v) is 6.22. The Morgan fingerprint density at radius 3 is 2.62 bits per heavy atom. The summed E-state index contributed by atoms with van der Waals surface area (Å²) in [5.41, 5.74) is 3.03. The number of hydrogen-bond acceptors (Lipinski definition) is 5. The zero-order valence-electron chi connectivity index (χ0n) is 16.6. The fraction of sp³-hybridized carbons (Fsp3) is 0.524. The number of benzene rings is 1. The highest BCUT2D eigenvalue weighted by Gasteiger charge is 2.39. The molecule has 29 heavy (non-hydrogen) atoms. The van der Waals surface area contributed by atoms with Crippen molar-refractivity contribution < 1.29 is 19.1 Å². The predicted octanol–water partition coefficient (Wildman–Crippen LogP) is 2.06. The van der Waals surface area contributed by atoms with E-state index in [-0.39, 0.29) is 18.0 Å². The van der Waals surface area contributed by atoms with Gasteiger partial charge in [-0.3, -0.25) is 15.0 Å². The van der Waals surface area contributed by atoms with Crippen LogP contribution in [-0.2, 0) is 14.3 Å². The molecule has 2 N–H and O–H groups in total. The van der Waals surface area contributed by atoms with Crippen LogP contribution in [0.25, 0.3) is 10.9 Å². The number of nitrogens with zero attached hydrogens (tertiary/aromatic N) is 2. The summed E-state index contributed by atoms with van der Waals surface area (Å²) < 4.78 is 14.6. The molecule has 8 nitrogen and oxygen atoms in total. The number of anilines is 1. The van der Waals surface area contributed by atoms with Gasteiger partial charge in [0.15, 0.2) is 5.79 Å². The van der Waals surface area contributed by atoms with Gasteiger partial charge in [-0.2, -0.15) is 0 Å². The average molecular weight is 398 g/mol. The molecule has 1 aromatic heterocycles. The van der Waals surface area contributed by atoms with Crippen LogP contribution in [0.1, 0.15) is 30.9 Å². The van der Waals surface area contributed by atoms with Crippen molar-refractivity contribution in [3.8, 4) is 0 Å². The first-order valence-corrected chi connectivity index (χ1v) is 10.3. The van der Waals surface area contributed by atoms with Crippen molar-refractivity contribution in [3.05, 3.63) is 30.0 Å². The molecule has 3 aliphatic heterocycles. The van der Waals surface area contributed by atoms with Crippen LogP contribution < -0.4 is 15.5 Å². The smallest absolute Gasteiger partial charge is 0.328 e. The van der Waals surface area contributed by atoms with E-state index in [1.165, 1.54) is 0 Å². The SMILES string of the molecule is Cc1cn(C2COC3(CCNCC3)OC2)c2ccc(N3CCC(=O)NC3=O)cc12. The van der Waals surface area contributed by atoms with Crippen molar-refractivity contribution in [1.82, 2.24) is 15.2 Å². The molecule has 0 aliphatic carbocycles. The van der Waals surface area contributed by atoms with Crippen molar-refractivity contribution in [2.24, 2.45) is 0 Å². The van der Waals surface area contributed by atoms with Gasteiger partial charge < -0.3 is 19.4 Å². The molecule has 4 heterocycles. The number of urea groups is 1. The predicted molar refractivity (Wildman–Crippen MR) is 108 cm³/mol. The minimum Gasteiger partial charge on any atom is -0.348 e. The lowest BCUT2D eigenvalue weighted by molar-refractivity contribution is -0.288. The Labute approximate surface area is 169 Å². The fourth-order valence-electron chi connectivity index (χ4n) is 4.54. The number of imide groups is 1. The minimum absolute atomic E-state index is 0.119. The lowest BCUT2D eigenvalue weighted by Gasteiger charge is -2.43. The Bertz CT molecular complexity index is 953. The van der Waals surface area contributed by atoms with Gasteiger partial charge in [0, 0.05) is 61.7 Å². The van der Waals surface area contributed by atoms with Crippen LogP contribution in [0.4, 0.5) is 10.5 Å². The zero-order chi connectivity index (χ0) is 20.0. The maximum atomic E-state index is 12.2. The third kappa shape index (κ3) is 3.31. The van der Waals surface area contributed by atoms with E-state index in [4.69, 9.17) is 9.47 Å². The van der Waals surface area contributed by atoms with E-state index in [0.29, 0.717) is 26.2 Å². The molecule has 0 radical (unpaired) electrons. The van der Waals surface area contributed by atoms with Gasteiger partial charge >= 0.3 is 6.03 Å². The normalized spacial score (nSPS) is 23.0. The zero-order valence-corrected chi connectivity index (χ0v) is 16.6. The van der Waals surface area contributed by atoms with Crippen LogP contribution in [0.15, 0.2) is 24.4 Å². The topological polar surface area (TPSA) is 84.8 Å². The molecule has 1 spiro atoms. The molecule has 0 atom stereocenters. The molecule has 2 aromatic rings. The fourth-order valence-corrected chi connectivity index (χ4v) is 4.54. The van der Waals surface area contributed by atoms with E-state index >= 15 is 0 Å². The summed E-state index contributed by atoms with van der Waals surface area (Å²) in [6.45, 7) is 5.57. The van der Waals surface area contributed by atoms with Crippen LogP contribution in [0.5, 0.6) is 0 Å². The summed E-state index contributed by atoms with van der Waals surface area (Å²) in [6, 6.07) is 5.76. The molecule has 3 fully saturated rings. The molecule has 0 bridgehead atoms. The first-order valence-electron chi connectivity index (χ1n) is 10.3. The van der Waals surface area contributed by atoms with Gasteiger partial charge in [-0.15, -0.1) is 0 Å². The standard InChI is InChI=1S/C21H26N4O4/c1-14-11-25(16-12-28-21(29-13-16)5-7-22-8-6-21)18-3-2-15(10-17(14)18)24-9-4-19(26)23-20(24)27/h2-3,10-11,16,22H,4-9,12-13H2,1H3,(H,23,26,27). The second-order valence-electron chi connectivity index (χ2n) is 8.11. The van der Waals surface area contributed by atoms with Gasteiger partial charge in [0.05, 0.1) is 19.3 Å². The monoisotopic (exact) mass is 398 g/mol. The average Bonchev–Trinajstić information content (AvgIpc) is 3.05. The molecule has 3 aliphatic rings. The summed E-state index contributed by atoms with van der Waals surface area (Å²) in [5, 5.41) is 6.82. The van der Waals surface area contributed by atoms with Gasteiger partial charge in [0.25, 0.3) is 0 Å². The first-order chi connectivity index (χ1) is 14.0. The van der Waals surface area contributed by atoms with E-state index in [1.54, 1.807) is 4.90 Å². The van der Waals surface area contributed by atoms with Crippen LogP contribution in [0.3, 0.4) is 0 Å². The minimum atomic E-state index is -0.425. The van der Waals surface area contributed by atoms with E-state index in [0.717, 1.165) is 48.1 Å².